The second-order valence-corrected chi connectivity index (χ2v) is 6.31. The van der Waals surface area contributed by atoms with Crippen LogP contribution in [0.15, 0.2) is 0 Å². The highest BCUT2D eigenvalue weighted by Gasteiger charge is 2.47. The van der Waals surface area contributed by atoms with Crippen LogP contribution in [-0.4, -0.2) is 40.9 Å². The van der Waals surface area contributed by atoms with Gasteiger partial charge in [0.25, 0.3) is 5.91 Å². The van der Waals surface area contributed by atoms with Gasteiger partial charge in [0.2, 0.25) is 5.91 Å². The van der Waals surface area contributed by atoms with Crippen LogP contribution < -0.4 is 10.6 Å². The third-order valence-corrected chi connectivity index (χ3v) is 4.12. The SMILES string of the molecule is CCCCCCC1(C)NC(=O)N(CC(=O)NC2CC2)C1=O. The number of carbonyl (C=O) groups excluding carboxylic acids is 3. The largest absolute Gasteiger partial charge is 0.352 e. The Morgan fingerprint density at radius 3 is 2.67 bits per heavy atom. The van der Waals surface area contributed by atoms with Gasteiger partial charge in [0.15, 0.2) is 0 Å². The number of rotatable bonds is 8. The van der Waals surface area contributed by atoms with E-state index in [1.807, 2.05) is 0 Å². The predicted molar refractivity (Wildman–Crippen MR) is 78.6 cm³/mol. The van der Waals surface area contributed by atoms with Gasteiger partial charge in [0.1, 0.15) is 12.1 Å². The van der Waals surface area contributed by atoms with Crippen molar-refractivity contribution in [3.8, 4) is 0 Å². The summed E-state index contributed by atoms with van der Waals surface area (Å²) in [5.41, 5.74) is -0.856. The van der Waals surface area contributed by atoms with Crippen molar-refractivity contribution in [1.82, 2.24) is 15.5 Å². The Bertz CT molecular complexity index is 434. The Morgan fingerprint density at radius 1 is 1.33 bits per heavy atom. The van der Waals surface area contributed by atoms with Crippen molar-refractivity contribution < 1.29 is 14.4 Å². The van der Waals surface area contributed by atoms with Gasteiger partial charge in [0.05, 0.1) is 0 Å². The van der Waals surface area contributed by atoms with Crippen LogP contribution in [-0.2, 0) is 9.59 Å². The zero-order valence-electron chi connectivity index (χ0n) is 12.9. The molecule has 21 heavy (non-hydrogen) atoms. The van der Waals surface area contributed by atoms with E-state index in [9.17, 15) is 14.4 Å². The predicted octanol–water partition coefficient (Wildman–Crippen LogP) is 1.55. The Labute approximate surface area is 125 Å². The summed E-state index contributed by atoms with van der Waals surface area (Å²) in [7, 11) is 0. The third kappa shape index (κ3) is 3.95. The van der Waals surface area contributed by atoms with E-state index in [0.29, 0.717) is 6.42 Å². The second-order valence-electron chi connectivity index (χ2n) is 6.31. The van der Waals surface area contributed by atoms with Crippen LogP contribution >= 0.6 is 0 Å². The van der Waals surface area contributed by atoms with Crippen molar-refractivity contribution in [1.29, 1.82) is 0 Å². The van der Waals surface area contributed by atoms with Crippen LogP contribution in [0.25, 0.3) is 0 Å². The minimum absolute atomic E-state index is 0.175. The van der Waals surface area contributed by atoms with Gasteiger partial charge in [-0.15, -0.1) is 0 Å². The highest BCUT2D eigenvalue weighted by atomic mass is 16.2. The monoisotopic (exact) mass is 295 g/mol. The molecular weight excluding hydrogens is 270 g/mol. The molecule has 118 valence electrons. The van der Waals surface area contributed by atoms with Crippen LogP contribution in [0.4, 0.5) is 4.79 Å². The molecule has 1 atom stereocenters. The van der Waals surface area contributed by atoms with Gasteiger partial charge < -0.3 is 10.6 Å². The van der Waals surface area contributed by atoms with Crippen molar-refractivity contribution in [2.45, 2.75) is 70.4 Å². The summed E-state index contributed by atoms with van der Waals surface area (Å²) >= 11 is 0. The van der Waals surface area contributed by atoms with Crippen LogP contribution in [0, 0.1) is 0 Å². The highest BCUT2D eigenvalue weighted by Crippen LogP contribution is 2.24. The highest BCUT2D eigenvalue weighted by molar-refractivity contribution is 6.08. The summed E-state index contributed by atoms with van der Waals surface area (Å²) < 4.78 is 0. The lowest BCUT2D eigenvalue weighted by Crippen LogP contribution is -2.45. The molecule has 6 heteroatoms. The normalized spacial score (nSPS) is 25.1. The number of hydrogen-bond acceptors (Lipinski definition) is 3. The fourth-order valence-electron chi connectivity index (χ4n) is 2.61. The molecule has 0 aromatic carbocycles. The molecule has 4 amide bonds. The quantitative estimate of drug-likeness (QED) is 0.527. The topological polar surface area (TPSA) is 78.5 Å². The average molecular weight is 295 g/mol. The number of nitrogens with one attached hydrogen (secondary N) is 2. The first-order valence-electron chi connectivity index (χ1n) is 7.90. The summed E-state index contributed by atoms with van der Waals surface area (Å²) in [5.74, 6) is -0.536. The van der Waals surface area contributed by atoms with Gasteiger partial charge >= 0.3 is 6.03 Å². The lowest BCUT2D eigenvalue weighted by molar-refractivity contribution is -0.134. The van der Waals surface area contributed by atoms with Crippen molar-refractivity contribution in [2.75, 3.05) is 6.54 Å². The Hall–Kier alpha value is -1.59. The molecule has 2 fully saturated rings. The minimum atomic E-state index is -0.856. The summed E-state index contributed by atoms with van der Waals surface area (Å²) in [6, 6.07) is -0.220. The summed E-state index contributed by atoms with van der Waals surface area (Å²) in [4.78, 5) is 37.1. The van der Waals surface area contributed by atoms with Crippen LogP contribution in [0.3, 0.4) is 0 Å². The van der Waals surface area contributed by atoms with Crippen molar-refractivity contribution in [2.24, 2.45) is 0 Å². The Kier molecular flexibility index (Phi) is 4.85. The molecule has 1 saturated carbocycles. The first-order valence-corrected chi connectivity index (χ1v) is 7.90. The van der Waals surface area contributed by atoms with E-state index in [-0.39, 0.29) is 24.4 Å². The molecule has 0 aromatic heterocycles. The number of amides is 4. The molecule has 1 unspecified atom stereocenters. The molecule has 6 nitrogen and oxygen atoms in total. The summed E-state index contributed by atoms with van der Waals surface area (Å²) in [6.45, 7) is 3.70. The maximum atomic E-state index is 12.4. The minimum Gasteiger partial charge on any atom is -0.352 e. The van der Waals surface area contributed by atoms with E-state index in [4.69, 9.17) is 0 Å². The van der Waals surface area contributed by atoms with Crippen molar-refractivity contribution in [3.05, 3.63) is 0 Å². The lowest BCUT2D eigenvalue weighted by Gasteiger charge is -2.21. The molecule has 0 bridgehead atoms. The van der Waals surface area contributed by atoms with E-state index >= 15 is 0 Å². The van der Waals surface area contributed by atoms with E-state index in [1.54, 1.807) is 6.92 Å². The van der Waals surface area contributed by atoms with Gasteiger partial charge in [-0.05, 0) is 26.2 Å². The standard InChI is InChI=1S/C15H25N3O3/c1-3-4-5-6-9-15(2)13(20)18(14(21)17-15)10-12(19)16-11-7-8-11/h11H,3-10H2,1-2H3,(H,16,19)(H,17,21). The fraction of sp³-hybridized carbons (Fsp3) is 0.800. The second kappa shape index (κ2) is 6.45. The number of carbonyl (C=O) groups is 3. The molecule has 1 aliphatic heterocycles. The number of urea groups is 1. The molecule has 0 spiro atoms. The van der Waals surface area contributed by atoms with E-state index < -0.39 is 11.6 Å². The smallest absolute Gasteiger partial charge is 0.325 e. The molecule has 1 heterocycles. The van der Waals surface area contributed by atoms with E-state index in [1.165, 1.54) is 0 Å². The maximum Gasteiger partial charge on any atom is 0.325 e. The third-order valence-electron chi connectivity index (χ3n) is 4.12. The van der Waals surface area contributed by atoms with Gasteiger partial charge in [-0.2, -0.15) is 0 Å². The molecule has 0 aromatic rings. The van der Waals surface area contributed by atoms with E-state index in [0.717, 1.165) is 43.4 Å². The Balaban J connectivity index is 1.86. The molecule has 1 aliphatic carbocycles. The number of hydrogen-bond donors (Lipinski definition) is 2. The molecule has 2 rings (SSSR count). The molecule has 2 aliphatic rings. The van der Waals surface area contributed by atoms with Crippen molar-refractivity contribution in [3.63, 3.8) is 0 Å². The van der Waals surface area contributed by atoms with Crippen molar-refractivity contribution >= 4 is 17.8 Å². The molecular formula is C15H25N3O3. The first-order chi connectivity index (χ1) is 9.96. The number of imide groups is 1. The average Bonchev–Trinajstić information content (AvgIpc) is 3.20. The van der Waals surface area contributed by atoms with Gasteiger partial charge in [0, 0.05) is 6.04 Å². The number of nitrogens with zero attached hydrogens (tertiary/aromatic N) is 1. The maximum absolute atomic E-state index is 12.4. The van der Waals surface area contributed by atoms with Crippen LogP contribution in [0.2, 0.25) is 0 Å². The summed E-state index contributed by atoms with van der Waals surface area (Å²) in [6.07, 6.45) is 6.81. The van der Waals surface area contributed by atoms with Gasteiger partial charge in [-0.1, -0.05) is 32.6 Å². The molecule has 0 radical (unpaired) electrons. The van der Waals surface area contributed by atoms with Gasteiger partial charge in [-0.25, -0.2) is 4.79 Å². The molecule has 2 N–H and O–H groups in total. The zero-order chi connectivity index (χ0) is 15.5. The Morgan fingerprint density at radius 2 is 2.05 bits per heavy atom. The van der Waals surface area contributed by atoms with Crippen LogP contribution in [0.5, 0.6) is 0 Å². The fourth-order valence-corrected chi connectivity index (χ4v) is 2.61. The first kappa shape index (κ1) is 15.8. The van der Waals surface area contributed by atoms with E-state index in [2.05, 4.69) is 17.6 Å². The summed E-state index contributed by atoms with van der Waals surface area (Å²) in [5, 5.41) is 5.54. The zero-order valence-corrected chi connectivity index (χ0v) is 12.9. The molecule has 1 saturated heterocycles. The lowest BCUT2D eigenvalue weighted by atomic mass is 9.94. The van der Waals surface area contributed by atoms with Crippen LogP contribution in [0.1, 0.15) is 58.8 Å². The van der Waals surface area contributed by atoms with Gasteiger partial charge in [-0.3, -0.25) is 14.5 Å². The number of unbranched alkanes of at least 4 members (excludes halogenated alkanes) is 3.